The van der Waals surface area contributed by atoms with Gasteiger partial charge in [0, 0.05) is 22.0 Å². The van der Waals surface area contributed by atoms with Crippen molar-refractivity contribution in [3.63, 3.8) is 0 Å². The number of benzene rings is 1. The number of hydrogen-bond acceptors (Lipinski definition) is 1. The van der Waals surface area contributed by atoms with Crippen molar-refractivity contribution in [2.24, 2.45) is 11.3 Å². The number of nitrogens with one attached hydrogen (secondary N) is 1. The summed E-state index contributed by atoms with van der Waals surface area (Å²) < 4.78 is 0. The molecule has 1 N–H and O–H groups in total. The molecule has 2 aliphatic carbocycles. The highest BCUT2D eigenvalue weighted by atomic mass is 35.5. The van der Waals surface area contributed by atoms with E-state index in [4.69, 9.17) is 23.2 Å². The lowest BCUT2D eigenvalue weighted by Crippen LogP contribution is -2.50. The van der Waals surface area contributed by atoms with Crippen LogP contribution in [0.25, 0.3) is 0 Å². The summed E-state index contributed by atoms with van der Waals surface area (Å²) in [7, 11) is 0. The zero-order valence-corrected chi connectivity index (χ0v) is 13.8. The second-order valence-electron chi connectivity index (χ2n) is 7.28. The zero-order valence-electron chi connectivity index (χ0n) is 12.3. The van der Waals surface area contributed by atoms with E-state index in [1.54, 1.807) is 0 Å². The predicted octanol–water partition coefficient (Wildman–Crippen LogP) is 5.05. The molecule has 3 rings (SSSR count). The molecule has 0 saturated heterocycles. The van der Waals surface area contributed by atoms with Crippen LogP contribution in [0.3, 0.4) is 0 Å². The lowest BCUT2D eigenvalue weighted by atomic mass is 9.56. The fourth-order valence-electron chi connectivity index (χ4n) is 3.84. The van der Waals surface area contributed by atoms with Crippen LogP contribution in [-0.2, 0) is 5.41 Å². The Morgan fingerprint density at radius 2 is 1.90 bits per heavy atom. The van der Waals surface area contributed by atoms with Crippen LogP contribution < -0.4 is 5.32 Å². The molecule has 0 bridgehead atoms. The van der Waals surface area contributed by atoms with Crippen molar-refractivity contribution in [1.29, 1.82) is 0 Å². The third-order valence-corrected chi connectivity index (χ3v) is 5.45. The van der Waals surface area contributed by atoms with Crippen molar-refractivity contribution in [2.75, 3.05) is 13.1 Å². The Labute approximate surface area is 132 Å². The summed E-state index contributed by atoms with van der Waals surface area (Å²) in [5.74, 6) is 0.683. The Balaban J connectivity index is 1.79. The van der Waals surface area contributed by atoms with E-state index in [-0.39, 0.29) is 5.41 Å². The highest BCUT2D eigenvalue weighted by molar-refractivity contribution is 6.35. The molecule has 0 aromatic heterocycles. The SMILES string of the molecule is CC(C)CNCC1(c2ccc(Cl)cc2Cl)CC2(CC2)C1. The van der Waals surface area contributed by atoms with E-state index in [2.05, 4.69) is 25.2 Å². The van der Waals surface area contributed by atoms with Gasteiger partial charge < -0.3 is 5.32 Å². The molecule has 1 aromatic carbocycles. The smallest absolute Gasteiger partial charge is 0.0458 e. The molecule has 2 aliphatic rings. The van der Waals surface area contributed by atoms with Gasteiger partial charge in [-0.1, -0.05) is 43.1 Å². The molecule has 0 amide bonds. The highest BCUT2D eigenvalue weighted by Gasteiger charge is 2.61. The molecule has 1 aromatic rings. The minimum absolute atomic E-state index is 0.229. The fraction of sp³-hybridized carbons (Fsp3) is 0.647. The van der Waals surface area contributed by atoms with E-state index in [1.165, 1.54) is 31.2 Å². The maximum atomic E-state index is 6.47. The molecule has 20 heavy (non-hydrogen) atoms. The van der Waals surface area contributed by atoms with Crippen LogP contribution in [0.1, 0.15) is 45.1 Å². The van der Waals surface area contributed by atoms with Crippen LogP contribution in [0.5, 0.6) is 0 Å². The number of hydrogen-bond donors (Lipinski definition) is 1. The minimum Gasteiger partial charge on any atom is -0.316 e. The van der Waals surface area contributed by atoms with Crippen LogP contribution in [0, 0.1) is 11.3 Å². The zero-order chi connectivity index (χ0) is 14.4. The normalized spacial score (nSPS) is 22.1. The second kappa shape index (κ2) is 5.19. The molecular weight excluding hydrogens is 289 g/mol. The van der Waals surface area contributed by atoms with E-state index in [1.807, 2.05) is 12.1 Å². The summed E-state index contributed by atoms with van der Waals surface area (Å²) in [4.78, 5) is 0. The minimum atomic E-state index is 0.229. The Hall–Kier alpha value is -0.240. The van der Waals surface area contributed by atoms with Gasteiger partial charge in [-0.3, -0.25) is 0 Å². The molecule has 1 nitrogen and oxygen atoms in total. The van der Waals surface area contributed by atoms with Crippen molar-refractivity contribution in [2.45, 2.75) is 44.9 Å². The summed E-state index contributed by atoms with van der Waals surface area (Å²) in [5, 5.41) is 5.20. The van der Waals surface area contributed by atoms with E-state index in [0.29, 0.717) is 11.3 Å². The van der Waals surface area contributed by atoms with Gasteiger partial charge in [0.2, 0.25) is 0 Å². The van der Waals surface area contributed by atoms with E-state index in [0.717, 1.165) is 23.1 Å². The summed E-state index contributed by atoms with van der Waals surface area (Å²) in [6.45, 7) is 6.60. The first-order valence-electron chi connectivity index (χ1n) is 7.61. The molecule has 0 atom stereocenters. The molecule has 0 heterocycles. The Bertz CT molecular complexity index is 498. The fourth-order valence-corrected chi connectivity index (χ4v) is 4.45. The lowest BCUT2D eigenvalue weighted by molar-refractivity contribution is 0.115. The predicted molar refractivity (Wildman–Crippen MR) is 86.7 cm³/mol. The van der Waals surface area contributed by atoms with Gasteiger partial charge in [0.05, 0.1) is 0 Å². The topological polar surface area (TPSA) is 12.0 Å². The summed E-state index contributed by atoms with van der Waals surface area (Å²) in [6.07, 6.45) is 5.38. The lowest BCUT2D eigenvalue weighted by Gasteiger charge is -2.50. The van der Waals surface area contributed by atoms with Crippen LogP contribution >= 0.6 is 23.2 Å². The molecule has 0 radical (unpaired) electrons. The molecule has 0 aliphatic heterocycles. The molecule has 2 fully saturated rings. The molecular formula is C17H23Cl2N. The molecule has 110 valence electrons. The Morgan fingerprint density at radius 1 is 1.20 bits per heavy atom. The third-order valence-electron chi connectivity index (χ3n) is 4.90. The molecule has 2 saturated carbocycles. The Morgan fingerprint density at radius 3 is 2.45 bits per heavy atom. The largest absolute Gasteiger partial charge is 0.316 e. The standard InChI is InChI=1S/C17H23Cl2N/c1-12(2)8-20-11-17(9-16(10-17)5-6-16)14-4-3-13(18)7-15(14)19/h3-4,7,12,20H,5-6,8-11H2,1-2H3. The Kier molecular flexibility index (Phi) is 3.81. The van der Waals surface area contributed by atoms with Crippen molar-refractivity contribution < 1.29 is 0 Å². The summed E-state index contributed by atoms with van der Waals surface area (Å²) in [5.41, 5.74) is 2.17. The first-order valence-corrected chi connectivity index (χ1v) is 8.37. The maximum absolute atomic E-state index is 6.47. The van der Waals surface area contributed by atoms with Gasteiger partial charge in [-0.15, -0.1) is 0 Å². The first kappa shape index (κ1) is 14.7. The average molecular weight is 312 g/mol. The summed E-state index contributed by atoms with van der Waals surface area (Å²) >= 11 is 12.5. The van der Waals surface area contributed by atoms with E-state index in [9.17, 15) is 0 Å². The van der Waals surface area contributed by atoms with Crippen LogP contribution in [-0.4, -0.2) is 13.1 Å². The third kappa shape index (κ3) is 2.73. The van der Waals surface area contributed by atoms with Crippen LogP contribution in [0.4, 0.5) is 0 Å². The van der Waals surface area contributed by atoms with Gasteiger partial charge in [-0.25, -0.2) is 0 Å². The van der Waals surface area contributed by atoms with Gasteiger partial charge in [-0.05, 0) is 61.3 Å². The van der Waals surface area contributed by atoms with Crippen molar-refractivity contribution in [3.05, 3.63) is 33.8 Å². The molecule has 3 heteroatoms. The highest BCUT2D eigenvalue weighted by Crippen LogP contribution is 2.69. The second-order valence-corrected chi connectivity index (χ2v) is 8.13. The quantitative estimate of drug-likeness (QED) is 0.802. The maximum Gasteiger partial charge on any atom is 0.0458 e. The average Bonchev–Trinajstić information content (AvgIpc) is 3.07. The first-order chi connectivity index (χ1) is 9.45. The van der Waals surface area contributed by atoms with Crippen LogP contribution in [0.15, 0.2) is 18.2 Å². The van der Waals surface area contributed by atoms with Gasteiger partial charge in [-0.2, -0.15) is 0 Å². The van der Waals surface area contributed by atoms with E-state index >= 15 is 0 Å². The van der Waals surface area contributed by atoms with Gasteiger partial charge in [0.1, 0.15) is 0 Å². The van der Waals surface area contributed by atoms with E-state index < -0.39 is 0 Å². The van der Waals surface area contributed by atoms with Crippen molar-refractivity contribution >= 4 is 23.2 Å². The summed E-state index contributed by atoms with van der Waals surface area (Å²) in [6, 6.07) is 6.00. The van der Waals surface area contributed by atoms with Gasteiger partial charge >= 0.3 is 0 Å². The number of halogens is 2. The van der Waals surface area contributed by atoms with Gasteiger partial charge in [0.15, 0.2) is 0 Å². The van der Waals surface area contributed by atoms with Gasteiger partial charge in [0.25, 0.3) is 0 Å². The monoisotopic (exact) mass is 311 g/mol. The van der Waals surface area contributed by atoms with Crippen molar-refractivity contribution in [3.8, 4) is 0 Å². The molecule has 1 spiro atoms. The van der Waals surface area contributed by atoms with Crippen LogP contribution in [0.2, 0.25) is 10.0 Å². The van der Waals surface area contributed by atoms with Crippen molar-refractivity contribution in [1.82, 2.24) is 5.32 Å². The molecule has 0 unspecified atom stereocenters. The number of rotatable bonds is 5.